The number of methoxy groups -OCH3 is 3. The van der Waals surface area contributed by atoms with Crippen LogP contribution in [0.2, 0.25) is 0 Å². The third kappa shape index (κ3) is 12.1. The van der Waals surface area contributed by atoms with Crippen molar-refractivity contribution < 1.29 is 47.9 Å². The number of nitrogens with zero attached hydrogens (tertiary/aromatic N) is 6. The predicted octanol–water partition coefficient (Wildman–Crippen LogP) is 7.89. The molecule has 0 bridgehead atoms. The van der Waals surface area contributed by atoms with E-state index in [1.807, 2.05) is 60.7 Å². The Hall–Kier alpha value is -5.42. The molecule has 2 aliphatic heterocycles. The van der Waals surface area contributed by atoms with Crippen LogP contribution in [0, 0.1) is 0 Å². The number of benzene rings is 2. The molecule has 2 saturated carbocycles. The number of rotatable bonds is 16. The Labute approximate surface area is 381 Å². The molecule has 16 nitrogen and oxygen atoms in total. The summed E-state index contributed by atoms with van der Waals surface area (Å²) in [4.78, 5) is 29.3. The van der Waals surface area contributed by atoms with Gasteiger partial charge in [0.2, 0.25) is 0 Å². The monoisotopic (exact) mass is 896 g/mol. The van der Waals surface area contributed by atoms with E-state index in [4.69, 9.17) is 33.2 Å². The molecule has 4 fully saturated rings. The Kier molecular flexibility index (Phi) is 16.9. The number of aromatic nitrogens is 4. The van der Waals surface area contributed by atoms with Gasteiger partial charge in [-0.2, -0.15) is 20.4 Å². The summed E-state index contributed by atoms with van der Waals surface area (Å²) in [5.74, 6) is 0.256. The zero-order chi connectivity index (χ0) is 45.5. The Balaban J connectivity index is 0.000000194. The molecule has 16 heteroatoms. The Morgan fingerprint density at radius 1 is 0.615 bits per heavy atom. The molecular weight excluding hydrogens is 833 g/mol. The van der Waals surface area contributed by atoms with Gasteiger partial charge in [-0.15, -0.1) is 0 Å². The minimum Gasteiger partial charge on any atom is -0.479 e. The van der Waals surface area contributed by atoms with Crippen molar-refractivity contribution in [2.45, 2.75) is 113 Å². The van der Waals surface area contributed by atoms with Gasteiger partial charge in [-0.05, 0) is 62.1 Å². The first-order valence-corrected chi connectivity index (χ1v) is 23.0. The number of esters is 1. The smallest absolute Gasteiger partial charge is 0.338 e. The van der Waals surface area contributed by atoms with E-state index in [0.717, 1.165) is 79.6 Å². The molecule has 0 radical (unpaired) electrons. The second kappa shape index (κ2) is 23.2. The number of piperidine rings is 2. The first kappa shape index (κ1) is 47.5. The fourth-order valence-corrected chi connectivity index (χ4v) is 9.37. The quantitative estimate of drug-likeness (QED) is 0.0848. The third-order valence-electron chi connectivity index (χ3n) is 13.0. The van der Waals surface area contributed by atoms with Gasteiger partial charge in [0.05, 0.1) is 54.5 Å². The van der Waals surface area contributed by atoms with E-state index in [-0.39, 0.29) is 31.8 Å². The summed E-state index contributed by atoms with van der Waals surface area (Å²) in [6.45, 7) is 2.84. The Bertz CT molecular complexity index is 2130. The number of hydrogen-bond donors (Lipinski definition) is 1. The molecule has 2 aliphatic carbocycles. The molecule has 0 amide bonds. The van der Waals surface area contributed by atoms with Crippen molar-refractivity contribution >= 4 is 23.3 Å². The third-order valence-corrected chi connectivity index (χ3v) is 13.0. The van der Waals surface area contributed by atoms with Gasteiger partial charge in [0, 0.05) is 77.2 Å². The second-order valence-electron chi connectivity index (χ2n) is 17.2. The number of para-hydroxylation sites is 2. The summed E-state index contributed by atoms with van der Waals surface area (Å²) >= 11 is 0. The van der Waals surface area contributed by atoms with Crippen molar-refractivity contribution in [3.8, 4) is 34.0 Å². The molecule has 4 heterocycles. The van der Waals surface area contributed by atoms with Gasteiger partial charge in [-0.1, -0.05) is 62.8 Å². The molecule has 2 aromatic heterocycles. The van der Waals surface area contributed by atoms with Gasteiger partial charge in [-0.3, -0.25) is 0 Å². The van der Waals surface area contributed by atoms with Crippen LogP contribution in [-0.2, 0) is 33.3 Å². The largest absolute Gasteiger partial charge is 0.479 e. The number of carbonyl (C=O) groups is 2. The summed E-state index contributed by atoms with van der Waals surface area (Å²) in [6.07, 6.45) is 16.7. The first-order chi connectivity index (χ1) is 31.8. The molecule has 4 aliphatic rings. The average Bonchev–Trinajstić information content (AvgIpc) is 3.36. The van der Waals surface area contributed by atoms with E-state index >= 15 is 0 Å². The topological polar surface area (TPSA) is 177 Å². The number of carboxylic acid groups (broad SMARTS) is 1. The number of carboxylic acids is 1. The Morgan fingerprint density at radius 3 is 1.45 bits per heavy atom. The summed E-state index contributed by atoms with van der Waals surface area (Å²) in [7, 11) is 4.61. The second-order valence-corrected chi connectivity index (χ2v) is 17.2. The normalized spacial score (nSPS) is 18.8. The lowest BCUT2D eigenvalue weighted by Crippen LogP contribution is -2.53. The van der Waals surface area contributed by atoms with E-state index in [2.05, 4.69) is 30.2 Å². The summed E-state index contributed by atoms with van der Waals surface area (Å²) in [6, 6.07) is 19.3. The van der Waals surface area contributed by atoms with E-state index in [1.54, 1.807) is 26.6 Å². The molecule has 350 valence electrons. The van der Waals surface area contributed by atoms with E-state index in [9.17, 15) is 14.7 Å². The molecule has 2 saturated heterocycles. The van der Waals surface area contributed by atoms with Gasteiger partial charge in [-0.25, -0.2) is 9.59 Å². The van der Waals surface area contributed by atoms with Crippen molar-refractivity contribution in [3.63, 3.8) is 0 Å². The highest BCUT2D eigenvalue weighted by atomic mass is 16.7. The lowest BCUT2D eigenvalue weighted by atomic mass is 9.89. The lowest BCUT2D eigenvalue weighted by molar-refractivity contribution is -0.184. The van der Waals surface area contributed by atoms with E-state index < -0.39 is 17.2 Å². The molecule has 0 atom stereocenters. The van der Waals surface area contributed by atoms with Gasteiger partial charge >= 0.3 is 11.9 Å². The molecule has 2 aromatic carbocycles. The fraction of sp³-hybridized carbons (Fsp3) is 0.551. The summed E-state index contributed by atoms with van der Waals surface area (Å²) in [5.41, 5.74) is 3.01. The summed E-state index contributed by atoms with van der Waals surface area (Å²) < 4.78 is 39.3. The maximum atomic E-state index is 12.8. The zero-order valence-corrected chi connectivity index (χ0v) is 38.0. The van der Waals surface area contributed by atoms with Gasteiger partial charge in [0.15, 0.2) is 24.8 Å². The molecule has 0 unspecified atom stereocenters. The molecule has 1 N–H and O–H groups in total. The molecule has 0 spiro atoms. The van der Waals surface area contributed by atoms with Crippen molar-refractivity contribution in [3.05, 3.63) is 73.1 Å². The van der Waals surface area contributed by atoms with E-state index in [0.29, 0.717) is 69.1 Å². The van der Waals surface area contributed by atoms with Crippen LogP contribution in [0.25, 0.3) is 22.5 Å². The standard InChI is InChI=1S/C25H33N3O5.C24H31N3O5/c1-30-18-32-23-11-7-6-10-21(23)22-16-19(17-26-27-22)28-14-12-25(13-15-28,24(29)31-2)33-20-8-4-3-5-9-20;1-30-17-31-22-10-6-5-9-20(22)21-15-18(16-25-26-21)27-13-11-24(12-14-27,23(28)29)32-19-7-3-2-4-8-19/h6-7,10-11,16-17,20H,3-5,8-9,12-15,18H2,1-2H3;5-6,9-10,15-16,19H,2-4,7-8,11-14,17H2,1H3,(H,28,29). The first-order valence-electron chi connectivity index (χ1n) is 23.0. The minimum absolute atomic E-state index is 0.0594. The number of carbonyl (C=O) groups excluding carboxylic acids is 1. The maximum Gasteiger partial charge on any atom is 0.338 e. The van der Waals surface area contributed by atoms with Crippen molar-refractivity contribution in [2.75, 3.05) is 70.9 Å². The van der Waals surface area contributed by atoms with Crippen LogP contribution in [0.4, 0.5) is 11.4 Å². The number of hydrogen-bond acceptors (Lipinski definition) is 15. The SMILES string of the molecule is COCOc1ccccc1-c1cc(N2CCC(OC3CCCCC3)(C(=O)O)CC2)cnn1.COCOc1ccccc1-c1cc(N2CCC(OC3CCCCC3)(C(=O)OC)CC2)cnn1. The molecule has 8 rings (SSSR count). The number of aliphatic carboxylic acids is 1. The van der Waals surface area contributed by atoms with Crippen LogP contribution in [0.1, 0.15) is 89.9 Å². The Morgan fingerprint density at radius 2 is 1.03 bits per heavy atom. The highest BCUT2D eigenvalue weighted by Gasteiger charge is 2.46. The number of ether oxygens (including phenoxy) is 7. The average molecular weight is 897 g/mol. The maximum absolute atomic E-state index is 12.8. The van der Waals surface area contributed by atoms with Crippen LogP contribution >= 0.6 is 0 Å². The summed E-state index contributed by atoms with van der Waals surface area (Å²) in [5, 5.41) is 27.0. The molecular formula is C49H64N6O10. The fourth-order valence-electron chi connectivity index (χ4n) is 9.37. The van der Waals surface area contributed by atoms with Crippen molar-refractivity contribution in [1.29, 1.82) is 0 Å². The van der Waals surface area contributed by atoms with Crippen LogP contribution in [0.5, 0.6) is 11.5 Å². The number of anilines is 2. The van der Waals surface area contributed by atoms with Gasteiger partial charge < -0.3 is 48.1 Å². The minimum atomic E-state index is -1.09. The highest BCUT2D eigenvalue weighted by Crippen LogP contribution is 2.38. The highest BCUT2D eigenvalue weighted by molar-refractivity contribution is 5.80. The van der Waals surface area contributed by atoms with Crippen LogP contribution in [0.3, 0.4) is 0 Å². The molecule has 4 aromatic rings. The van der Waals surface area contributed by atoms with Crippen molar-refractivity contribution in [1.82, 2.24) is 20.4 Å². The predicted molar refractivity (Wildman–Crippen MR) is 244 cm³/mol. The van der Waals surface area contributed by atoms with Crippen LogP contribution in [0.15, 0.2) is 73.1 Å². The van der Waals surface area contributed by atoms with Crippen LogP contribution < -0.4 is 19.3 Å². The lowest BCUT2D eigenvalue weighted by Gasteiger charge is -2.42. The van der Waals surface area contributed by atoms with E-state index in [1.165, 1.54) is 20.0 Å². The van der Waals surface area contributed by atoms with Crippen molar-refractivity contribution in [2.24, 2.45) is 0 Å². The van der Waals surface area contributed by atoms with Gasteiger partial charge in [0.25, 0.3) is 0 Å². The zero-order valence-electron chi connectivity index (χ0n) is 38.0. The van der Waals surface area contributed by atoms with Gasteiger partial charge in [0.1, 0.15) is 11.5 Å². The van der Waals surface area contributed by atoms with Crippen LogP contribution in [-0.4, -0.2) is 122 Å². The molecule has 65 heavy (non-hydrogen) atoms.